The molecule has 37 heavy (non-hydrogen) atoms. The highest BCUT2D eigenvalue weighted by Crippen LogP contribution is 2.36. The van der Waals surface area contributed by atoms with Gasteiger partial charge >= 0.3 is 0 Å². The molecule has 0 unspecified atom stereocenters. The fourth-order valence-electron chi connectivity index (χ4n) is 4.47. The first-order valence-corrected chi connectivity index (χ1v) is 11.9. The fraction of sp³-hybridized carbons (Fsp3) is 0.308. The summed E-state index contributed by atoms with van der Waals surface area (Å²) in [4.78, 5) is 27.6. The van der Waals surface area contributed by atoms with E-state index < -0.39 is 34.3 Å². The molecular weight excluding hydrogens is 480 g/mol. The number of benzene rings is 2. The van der Waals surface area contributed by atoms with Gasteiger partial charge in [0.1, 0.15) is 17.1 Å². The Balaban J connectivity index is 1.75. The van der Waals surface area contributed by atoms with Gasteiger partial charge in [0, 0.05) is 37.0 Å². The average Bonchev–Trinajstić information content (AvgIpc) is 3.19. The Hall–Kier alpha value is -3.96. The molecule has 0 spiro atoms. The van der Waals surface area contributed by atoms with Crippen molar-refractivity contribution in [2.24, 2.45) is 5.73 Å². The van der Waals surface area contributed by atoms with E-state index in [2.05, 4.69) is 10.4 Å². The highest BCUT2D eigenvalue weighted by Gasteiger charge is 2.33. The number of anilines is 2. The zero-order chi connectivity index (χ0) is 26.9. The molecule has 4 rings (SSSR count). The molecule has 0 bridgehead atoms. The first kappa shape index (κ1) is 26.1. The fourth-order valence-corrected chi connectivity index (χ4v) is 4.47. The molecule has 0 aliphatic carbocycles. The highest BCUT2D eigenvalue weighted by molar-refractivity contribution is 6.07. The number of carbonyl (C=O) groups is 1. The summed E-state index contributed by atoms with van der Waals surface area (Å²) in [5.41, 5.74) is 6.84. The van der Waals surface area contributed by atoms with Crippen LogP contribution in [0.5, 0.6) is 0 Å². The highest BCUT2D eigenvalue weighted by atomic mass is 19.1. The number of aromatic nitrogens is 2. The number of halogens is 2. The number of nitrogens with one attached hydrogen (secondary N) is 2. The lowest BCUT2D eigenvalue weighted by atomic mass is 10.0. The summed E-state index contributed by atoms with van der Waals surface area (Å²) in [6.07, 6.45) is 1.99. The van der Waals surface area contributed by atoms with E-state index in [0.717, 1.165) is 30.3 Å². The van der Waals surface area contributed by atoms with E-state index in [-0.39, 0.29) is 11.7 Å². The third-order valence-corrected chi connectivity index (χ3v) is 6.16. The molecule has 194 valence electrons. The van der Waals surface area contributed by atoms with Crippen molar-refractivity contribution in [3.63, 3.8) is 0 Å². The first-order valence-electron chi connectivity index (χ1n) is 11.9. The smallest absolute Gasteiger partial charge is 0.276 e. The van der Waals surface area contributed by atoms with E-state index in [1.165, 1.54) is 18.3 Å². The molecule has 0 radical (unpaired) electrons. The summed E-state index contributed by atoms with van der Waals surface area (Å²) in [7, 11) is 0. The molecule has 0 saturated carbocycles. The number of amides is 1. The normalized spacial score (nSPS) is 17.3. The van der Waals surface area contributed by atoms with Crippen LogP contribution < -0.4 is 26.8 Å². The molecule has 2 aromatic carbocycles. The van der Waals surface area contributed by atoms with Crippen molar-refractivity contribution in [2.75, 3.05) is 23.3 Å². The number of quaternary nitrogens is 1. The third kappa shape index (κ3) is 5.42. The first-order chi connectivity index (χ1) is 17.5. The van der Waals surface area contributed by atoms with Gasteiger partial charge in [0.05, 0.1) is 23.0 Å². The number of hydrogen-bond donors (Lipinski definition) is 4. The van der Waals surface area contributed by atoms with Gasteiger partial charge in [-0.25, -0.2) is 8.78 Å². The number of nitrogens with zero attached hydrogens (tertiary/aromatic N) is 3. The van der Waals surface area contributed by atoms with Crippen LogP contribution in [0, 0.1) is 17.0 Å². The lowest BCUT2D eigenvalue weighted by Crippen LogP contribution is -2.83. The van der Waals surface area contributed by atoms with Crippen molar-refractivity contribution in [3.8, 4) is 5.69 Å². The van der Waals surface area contributed by atoms with E-state index in [1.807, 2.05) is 37.1 Å². The molecule has 1 aliphatic heterocycles. The Morgan fingerprint density at radius 1 is 1.19 bits per heavy atom. The van der Waals surface area contributed by atoms with E-state index in [9.17, 15) is 18.4 Å². The molecule has 1 saturated heterocycles. The van der Waals surface area contributed by atoms with Crippen LogP contribution in [0.2, 0.25) is 0 Å². The number of rotatable bonds is 7. The Morgan fingerprint density at radius 3 is 2.49 bits per heavy atom. The lowest BCUT2D eigenvalue weighted by Gasteiger charge is -2.26. The van der Waals surface area contributed by atoms with Crippen molar-refractivity contribution in [1.29, 1.82) is 5.41 Å². The monoisotopic (exact) mass is 510 g/mol. The van der Waals surface area contributed by atoms with E-state index in [4.69, 9.17) is 11.1 Å². The minimum atomic E-state index is -0.985. The van der Waals surface area contributed by atoms with Crippen molar-refractivity contribution in [3.05, 3.63) is 75.7 Å². The van der Waals surface area contributed by atoms with E-state index in [1.54, 1.807) is 6.07 Å². The number of hydrogen-bond acceptors (Lipinski definition) is 6. The molecule has 1 aromatic heterocycles. The molecular formula is C26H30F2N7O2+. The van der Waals surface area contributed by atoms with Crippen LogP contribution in [0.4, 0.5) is 25.8 Å². The Labute approximate surface area is 212 Å². The van der Waals surface area contributed by atoms with E-state index >= 15 is 0 Å². The summed E-state index contributed by atoms with van der Waals surface area (Å²) >= 11 is 0. The van der Waals surface area contributed by atoms with Crippen LogP contribution in [0.1, 0.15) is 43.2 Å². The maximum Gasteiger partial charge on any atom is 0.276 e. The topological polar surface area (TPSA) is 134 Å². The van der Waals surface area contributed by atoms with Crippen LogP contribution in [-0.4, -0.2) is 46.6 Å². The second-order valence-electron chi connectivity index (χ2n) is 9.84. The molecule has 1 atom stereocenters. The predicted octanol–water partition coefficient (Wildman–Crippen LogP) is 2.29. The van der Waals surface area contributed by atoms with E-state index in [0.29, 0.717) is 34.7 Å². The molecule has 3 aromatic rings. The molecule has 2 heterocycles. The maximum atomic E-state index is 14.3. The minimum Gasteiger partial charge on any atom is -0.367 e. The van der Waals surface area contributed by atoms with Gasteiger partial charge in [-0.1, -0.05) is 6.07 Å². The summed E-state index contributed by atoms with van der Waals surface area (Å²) < 4.78 is 29.2. The summed E-state index contributed by atoms with van der Waals surface area (Å²) in [6, 6.07) is 9.19. The van der Waals surface area contributed by atoms with Crippen LogP contribution in [0.25, 0.3) is 5.69 Å². The third-order valence-electron chi connectivity index (χ3n) is 6.16. The van der Waals surface area contributed by atoms with Crippen molar-refractivity contribution in [1.82, 2.24) is 9.78 Å². The summed E-state index contributed by atoms with van der Waals surface area (Å²) in [6.45, 7) is 7.19. The molecule has 1 aliphatic rings. The number of carbonyl (C=O) groups excluding carboxylic acids is 1. The van der Waals surface area contributed by atoms with Crippen LogP contribution in [0.3, 0.4) is 0 Å². The molecule has 9 nitrogen and oxygen atoms in total. The SMILES string of the molecule is CC(C)[NH2+]c1ccc(NC(=O)c2ccc(=O)n(-c3c(F)cccc3F)n2)c(N2CC[C@@](C)(N)C2)c1C=N. The zero-order valence-corrected chi connectivity index (χ0v) is 20.9. The average molecular weight is 511 g/mol. The maximum absolute atomic E-state index is 14.3. The minimum absolute atomic E-state index is 0.215. The van der Waals surface area contributed by atoms with Gasteiger partial charge in [-0.3, -0.25) is 9.59 Å². The van der Waals surface area contributed by atoms with Crippen molar-refractivity contribution < 1.29 is 18.9 Å². The van der Waals surface area contributed by atoms with Gasteiger partial charge in [-0.2, -0.15) is 9.78 Å². The second-order valence-corrected chi connectivity index (χ2v) is 9.84. The number of para-hydroxylation sites is 1. The Bertz CT molecular complexity index is 1400. The number of nitrogens with two attached hydrogens (primary N) is 2. The summed E-state index contributed by atoms with van der Waals surface area (Å²) in [5.74, 6) is -2.65. The van der Waals surface area contributed by atoms with Gasteiger partial charge in [0.25, 0.3) is 11.5 Å². The van der Waals surface area contributed by atoms with Gasteiger partial charge in [-0.05, 0) is 51.5 Å². The predicted molar refractivity (Wildman–Crippen MR) is 138 cm³/mol. The quantitative estimate of drug-likeness (QED) is 0.286. The van der Waals surface area contributed by atoms with Crippen LogP contribution in [0.15, 0.2) is 47.3 Å². The van der Waals surface area contributed by atoms with Crippen LogP contribution in [-0.2, 0) is 0 Å². The van der Waals surface area contributed by atoms with Gasteiger partial charge < -0.3 is 26.7 Å². The Kier molecular flexibility index (Phi) is 7.19. The second kappa shape index (κ2) is 10.2. The van der Waals surface area contributed by atoms with Crippen molar-refractivity contribution in [2.45, 2.75) is 38.8 Å². The standard InChI is InChI=1S/C26H29F2N7O2/c1-15(2)31-19-7-8-20(23(16(19)13-29)34-12-11-26(3,30)14-34)32-25(37)21-9-10-22(36)35(33-21)24-17(27)5-4-6-18(24)28/h4-10,13,15,29,31H,11-12,14,30H2,1-3H3,(H,32,37)/p+1/t26-/m1/s1. The molecule has 1 amide bonds. The molecule has 1 fully saturated rings. The molecule has 11 heteroatoms. The summed E-state index contributed by atoms with van der Waals surface area (Å²) in [5, 5.41) is 16.9. The largest absolute Gasteiger partial charge is 0.367 e. The Morgan fingerprint density at radius 2 is 1.89 bits per heavy atom. The molecule has 6 N–H and O–H groups in total. The van der Waals surface area contributed by atoms with Crippen LogP contribution >= 0.6 is 0 Å². The van der Waals surface area contributed by atoms with Gasteiger partial charge in [-0.15, -0.1) is 0 Å². The van der Waals surface area contributed by atoms with Gasteiger partial charge in [0.2, 0.25) is 0 Å². The van der Waals surface area contributed by atoms with Crippen molar-refractivity contribution >= 4 is 29.2 Å². The lowest BCUT2D eigenvalue weighted by molar-refractivity contribution is -0.603. The zero-order valence-electron chi connectivity index (χ0n) is 20.9. The van der Waals surface area contributed by atoms with Gasteiger partial charge in [0.15, 0.2) is 11.6 Å².